The number of rotatable bonds is 6. The highest BCUT2D eigenvalue weighted by atomic mass is 16.5. The van der Waals surface area contributed by atoms with Crippen LogP contribution in [0.1, 0.15) is 43.4 Å². The topological polar surface area (TPSA) is 88.7 Å². The number of carbonyl (C=O) groups excluding carboxylic acids is 2. The zero-order chi connectivity index (χ0) is 23.9. The number of hydrogen-bond donors (Lipinski definition) is 3. The van der Waals surface area contributed by atoms with Crippen LogP contribution in [0, 0.1) is 25.7 Å². The molecule has 176 valence electrons. The molecule has 0 radical (unpaired) electrons. The number of hydrogen-bond acceptors (Lipinski definition) is 5. The fourth-order valence-electron chi connectivity index (χ4n) is 5.37. The molecule has 0 bridgehead atoms. The smallest absolute Gasteiger partial charge is 0.250 e. The van der Waals surface area contributed by atoms with E-state index in [1.807, 2.05) is 19.9 Å². The van der Waals surface area contributed by atoms with Crippen molar-refractivity contribution in [2.75, 3.05) is 24.9 Å². The molecule has 1 saturated heterocycles. The molecule has 3 atom stereocenters. The van der Waals surface area contributed by atoms with Crippen LogP contribution < -0.4 is 25.4 Å². The third kappa shape index (κ3) is 3.95. The summed E-state index contributed by atoms with van der Waals surface area (Å²) in [5.74, 6) is 0.601. The van der Waals surface area contributed by atoms with E-state index in [0.29, 0.717) is 29.5 Å². The summed E-state index contributed by atoms with van der Waals surface area (Å²) >= 11 is 0. The number of aryl methyl sites for hydroxylation is 2. The molecule has 33 heavy (non-hydrogen) atoms. The van der Waals surface area contributed by atoms with Crippen LogP contribution >= 0.6 is 0 Å². The Labute approximate surface area is 195 Å². The molecule has 3 N–H and O–H groups in total. The van der Waals surface area contributed by atoms with Crippen molar-refractivity contribution in [3.63, 3.8) is 0 Å². The molecule has 0 saturated carbocycles. The van der Waals surface area contributed by atoms with E-state index in [2.05, 4.69) is 35.9 Å². The van der Waals surface area contributed by atoms with Gasteiger partial charge in [0.05, 0.1) is 25.8 Å². The second-order valence-corrected chi connectivity index (χ2v) is 9.58. The van der Waals surface area contributed by atoms with Crippen molar-refractivity contribution in [1.29, 1.82) is 0 Å². The van der Waals surface area contributed by atoms with Gasteiger partial charge in [0, 0.05) is 23.4 Å². The van der Waals surface area contributed by atoms with E-state index in [9.17, 15) is 9.59 Å². The number of fused-ring (bicyclic) bond motifs is 2. The van der Waals surface area contributed by atoms with Gasteiger partial charge in [0.15, 0.2) is 0 Å². The molecule has 4 rings (SSSR count). The van der Waals surface area contributed by atoms with Crippen LogP contribution in [0.3, 0.4) is 0 Å². The van der Waals surface area contributed by atoms with Crippen molar-refractivity contribution in [2.24, 2.45) is 11.8 Å². The Balaban J connectivity index is 1.77. The van der Waals surface area contributed by atoms with Crippen LogP contribution in [0.25, 0.3) is 0 Å². The maximum Gasteiger partial charge on any atom is 0.250 e. The summed E-state index contributed by atoms with van der Waals surface area (Å²) in [4.78, 5) is 27.3. The first-order valence-corrected chi connectivity index (χ1v) is 11.4. The summed E-state index contributed by atoms with van der Waals surface area (Å²) in [5.41, 5.74) is 3.13. The highest BCUT2D eigenvalue weighted by Gasteiger charge is 2.60. The third-order valence-electron chi connectivity index (χ3n) is 6.71. The highest BCUT2D eigenvalue weighted by Crippen LogP contribution is 2.49. The van der Waals surface area contributed by atoms with Crippen LogP contribution in [0.4, 0.5) is 11.4 Å². The van der Waals surface area contributed by atoms with E-state index in [-0.39, 0.29) is 17.9 Å². The molecule has 2 aromatic rings. The van der Waals surface area contributed by atoms with E-state index < -0.39 is 11.5 Å². The van der Waals surface area contributed by atoms with Crippen molar-refractivity contribution >= 4 is 23.2 Å². The molecule has 2 amide bonds. The van der Waals surface area contributed by atoms with E-state index in [4.69, 9.17) is 9.47 Å². The first-order chi connectivity index (χ1) is 15.7. The van der Waals surface area contributed by atoms with E-state index in [1.54, 1.807) is 32.4 Å². The minimum absolute atomic E-state index is 0.0467. The van der Waals surface area contributed by atoms with Gasteiger partial charge in [0.2, 0.25) is 11.8 Å². The summed E-state index contributed by atoms with van der Waals surface area (Å²) < 4.78 is 10.8. The van der Waals surface area contributed by atoms with Gasteiger partial charge in [0.1, 0.15) is 17.0 Å². The Morgan fingerprint density at radius 2 is 1.94 bits per heavy atom. The lowest BCUT2D eigenvalue weighted by Crippen LogP contribution is -2.52. The zero-order valence-corrected chi connectivity index (χ0v) is 20.2. The Kier molecular flexibility index (Phi) is 6.10. The number of methoxy groups -OCH3 is 2. The molecule has 1 spiro atoms. The molecule has 7 nitrogen and oxygen atoms in total. The van der Waals surface area contributed by atoms with Crippen LogP contribution in [-0.2, 0) is 15.1 Å². The summed E-state index contributed by atoms with van der Waals surface area (Å²) in [6.07, 6.45) is 1.44. The molecule has 2 heterocycles. The van der Waals surface area contributed by atoms with Crippen LogP contribution in [0.15, 0.2) is 30.3 Å². The molecule has 2 aliphatic rings. The summed E-state index contributed by atoms with van der Waals surface area (Å²) in [5, 5.41) is 9.68. The highest BCUT2D eigenvalue weighted by molar-refractivity contribution is 6.11. The lowest BCUT2D eigenvalue weighted by Gasteiger charge is -2.30. The maximum absolute atomic E-state index is 13.8. The van der Waals surface area contributed by atoms with Crippen LogP contribution in [-0.4, -0.2) is 32.1 Å². The maximum atomic E-state index is 13.8. The van der Waals surface area contributed by atoms with Gasteiger partial charge >= 0.3 is 0 Å². The Morgan fingerprint density at radius 1 is 1.18 bits per heavy atom. The normalized spacial score (nSPS) is 23.5. The minimum Gasteiger partial charge on any atom is -0.497 e. The quantitative estimate of drug-likeness (QED) is 0.615. The lowest BCUT2D eigenvalue weighted by atomic mass is 9.78. The van der Waals surface area contributed by atoms with Gasteiger partial charge < -0.3 is 20.1 Å². The Morgan fingerprint density at radius 3 is 2.61 bits per heavy atom. The molecular weight excluding hydrogens is 418 g/mol. The van der Waals surface area contributed by atoms with Crippen molar-refractivity contribution in [3.05, 3.63) is 47.0 Å². The molecule has 0 unspecified atom stereocenters. The molecule has 7 heteroatoms. The van der Waals surface area contributed by atoms with Crippen molar-refractivity contribution < 1.29 is 19.1 Å². The largest absolute Gasteiger partial charge is 0.497 e. The number of carbonyl (C=O) groups is 2. The fourth-order valence-corrected chi connectivity index (χ4v) is 5.37. The SMILES string of the molecule is COc1ccc(OC)c(NC(=O)[C@H]2C[C@H](CC(C)C)N[C@]23C(=O)Nc2c(C)cc(C)cc23)c1. The van der Waals surface area contributed by atoms with E-state index >= 15 is 0 Å². The van der Waals surface area contributed by atoms with Gasteiger partial charge in [-0.1, -0.05) is 31.5 Å². The molecular formula is C26H33N3O4. The first-order valence-electron chi connectivity index (χ1n) is 11.4. The van der Waals surface area contributed by atoms with Crippen molar-refractivity contribution in [2.45, 2.75) is 52.1 Å². The number of nitrogens with one attached hydrogen (secondary N) is 3. The molecule has 0 aliphatic carbocycles. The number of anilines is 2. The predicted octanol–water partition coefficient (Wildman–Crippen LogP) is 4.13. The summed E-state index contributed by atoms with van der Waals surface area (Å²) in [6.45, 7) is 8.31. The van der Waals surface area contributed by atoms with Gasteiger partial charge in [-0.15, -0.1) is 0 Å². The summed E-state index contributed by atoms with van der Waals surface area (Å²) in [6, 6.07) is 9.38. The molecule has 1 fully saturated rings. The summed E-state index contributed by atoms with van der Waals surface area (Å²) in [7, 11) is 3.13. The van der Waals surface area contributed by atoms with Gasteiger partial charge in [0.25, 0.3) is 0 Å². The first kappa shape index (κ1) is 23.1. The second-order valence-electron chi connectivity index (χ2n) is 9.58. The number of amides is 2. The standard InChI is InChI=1S/C26H33N3O4/c1-14(2)9-17-12-20(24(30)27-21-13-18(32-5)7-8-22(21)33-6)26(29-17)19-11-15(3)10-16(4)23(19)28-25(26)31/h7-8,10-11,13-14,17,20,29H,9,12H2,1-6H3,(H,27,30)(H,28,31)/t17-,20+,26-/m0/s1. The van der Waals surface area contributed by atoms with Gasteiger partial charge in [-0.3, -0.25) is 14.9 Å². The molecule has 2 aromatic carbocycles. The molecule has 2 aliphatic heterocycles. The van der Waals surface area contributed by atoms with Crippen molar-refractivity contribution in [1.82, 2.24) is 5.32 Å². The monoisotopic (exact) mass is 451 g/mol. The Hall–Kier alpha value is -3.06. The van der Waals surface area contributed by atoms with E-state index in [0.717, 1.165) is 28.8 Å². The second kappa shape index (κ2) is 8.71. The minimum atomic E-state index is -1.11. The fraction of sp³-hybridized carbons (Fsp3) is 0.462. The van der Waals surface area contributed by atoms with Crippen molar-refractivity contribution in [3.8, 4) is 11.5 Å². The zero-order valence-electron chi connectivity index (χ0n) is 20.2. The van der Waals surface area contributed by atoms with Gasteiger partial charge in [-0.2, -0.15) is 0 Å². The van der Waals surface area contributed by atoms with Crippen LogP contribution in [0.2, 0.25) is 0 Å². The average molecular weight is 452 g/mol. The van der Waals surface area contributed by atoms with Crippen LogP contribution in [0.5, 0.6) is 11.5 Å². The van der Waals surface area contributed by atoms with Gasteiger partial charge in [-0.05, 0) is 50.3 Å². The lowest BCUT2D eigenvalue weighted by molar-refractivity contribution is -0.130. The third-order valence-corrected chi connectivity index (χ3v) is 6.71. The van der Waals surface area contributed by atoms with Gasteiger partial charge in [-0.25, -0.2) is 0 Å². The predicted molar refractivity (Wildman–Crippen MR) is 129 cm³/mol. The van der Waals surface area contributed by atoms with E-state index in [1.165, 1.54) is 0 Å². The Bertz CT molecular complexity index is 1100. The molecule has 0 aromatic heterocycles. The average Bonchev–Trinajstić information content (AvgIpc) is 3.27. The number of benzene rings is 2. The number of ether oxygens (including phenoxy) is 2.